The van der Waals surface area contributed by atoms with E-state index in [2.05, 4.69) is 10.3 Å². The lowest BCUT2D eigenvalue weighted by molar-refractivity contribution is -0.0298. The zero-order chi connectivity index (χ0) is 18.1. The zero-order valence-corrected chi connectivity index (χ0v) is 14.2. The van der Waals surface area contributed by atoms with Gasteiger partial charge in [-0.3, -0.25) is 14.3 Å². The van der Waals surface area contributed by atoms with E-state index < -0.39 is 41.3 Å². The van der Waals surface area contributed by atoms with Gasteiger partial charge in [0.2, 0.25) is 0 Å². The number of aliphatic hydroxyl groups is 1. The van der Waals surface area contributed by atoms with Gasteiger partial charge in [-0.1, -0.05) is 0 Å². The molecule has 0 radical (unpaired) electrons. The Morgan fingerprint density at radius 3 is 2.75 bits per heavy atom. The number of carbonyl (C=O) groups excluding carboxylic acids is 1. The molecule has 0 unspecified atom stereocenters. The first-order chi connectivity index (χ1) is 11.1. The van der Waals surface area contributed by atoms with Crippen LogP contribution in [0.25, 0.3) is 0 Å². The Hall–Kier alpha value is -2.13. The van der Waals surface area contributed by atoms with Gasteiger partial charge in [-0.2, -0.15) is 0 Å². The average Bonchev–Trinajstić information content (AvgIpc) is 2.83. The Morgan fingerprint density at radius 2 is 2.17 bits per heavy atom. The molecular formula is C15H23N3O6. The van der Waals surface area contributed by atoms with Crippen molar-refractivity contribution in [2.45, 2.75) is 58.1 Å². The molecule has 1 saturated heterocycles. The average molecular weight is 341 g/mol. The highest BCUT2D eigenvalue weighted by atomic mass is 16.6. The third-order valence-corrected chi connectivity index (χ3v) is 3.57. The van der Waals surface area contributed by atoms with Gasteiger partial charge in [0.15, 0.2) is 0 Å². The molecule has 1 aromatic heterocycles. The summed E-state index contributed by atoms with van der Waals surface area (Å²) in [5, 5.41) is 12.1. The quantitative estimate of drug-likeness (QED) is 0.712. The van der Waals surface area contributed by atoms with E-state index in [0.717, 1.165) is 0 Å². The lowest BCUT2D eigenvalue weighted by atomic mass is 10.1. The van der Waals surface area contributed by atoms with Crippen LogP contribution in [-0.2, 0) is 9.47 Å². The van der Waals surface area contributed by atoms with Crippen molar-refractivity contribution in [3.8, 4) is 0 Å². The summed E-state index contributed by atoms with van der Waals surface area (Å²) in [4.78, 5) is 37.5. The summed E-state index contributed by atoms with van der Waals surface area (Å²) in [7, 11) is 0. The minimum atomic E-state index is -0.704. The molecule has 0 spiro atoms. The molecule has 9 nitrogen and oxygen atoms in total. The molecule has 1 aliphatic heterocycles. The van der Waals surface area contributed by atoms with Crippen LogP contribution >= 0.6 is 0 Å². The van der Waals surface area contributed by atoms with Crippen molar-refractivity contribution >= 4 is 6.09 Å². The minimum absolute atomic E-state index is 0.260. The number of hydrogen-bond acceptors (Lipinski definition) is 6. The van der Waals surface area contributed by atoms with Gasteiger partial charge in [0, 0.05) is 18.2 Å². The van der Waals surface area contributed by atoms with Crippen molar-refractivity contribution < 1.29 is 19.4 Å². The fraction of sp³-hybridized carbons (Fsp3) is 0.667. The molecule has 3 atom stereocenters. The summed E-state index contributed by atoms with van der Waals surface area (Å²) in [6.45, 7) is 6.48. The van der Waals surface area contributed by atoms with Crippen LogP contribution in [0.4, 0.5) is 4.79 Å². The smallest absolute Gasteiger partial charge is 0.407 e. The van der Waals surface area contributed by atoms with E-state index in [4.69, 9.17) is 9.47 Å². The summed E-state index contributed by atoms with van der Waals surface area (Å²) < 4.78 is 12.1. The SMILES string of the molecule is Cc1cn([C@H]2C[C@H](NC(=O)OC(C)(C)C)[C@@H](CO)O2)c(=O)[nH]c1=O. The number of hydrogen-bond donors (Lipinski definition) is 3. The predicted octanol–water partition coefficient (Wildman–Crippen LogP) is 0.0181. The molecule has 2 heterocycles. The Labute approximate surface area is 138 Å². The molecule has 1 fully saturated rings. The maximum absolute atomic E-state index is 11.9. The molecule has 0 aliphatic carbocycles. The molecule has 1 aromatic rings. The summed E-state index contributed by atoms with van der Waals surface area (Å²) in [5.41, 5.74) is -1.35. The second-order valence-electron chi connectivity index (χ2n) is 6.78. The van der Waals surface area contributed by atoms with E-state index in [9.17, 15) is 19.5 Å². The summed E-state index contributed by atoms with van der Waals surface area (Å²) in [5.74, 6) is 0. The molecule has 0 saturated carbocycles. The van der Waals surface area contributed by atoms with Crippen molar-refractivity contribution in [1.82, 2.24) is 14.9 Å². The summed E-state index contributed by atoms with van der Waals surface area (Å²) in [6, 6.07) is -0.519. The first-order valence-corrected chi connectivity index (χ1v) is 7.68. The highest BCUT2D eigenvalue weighted by molar-refractivity contribution is 5.68. The third kappa shape index (κ3) is 4.24. The van der Waals surface area contributed by atoms with Gasteiger partial charge >= 0.3 is 11.8 Å². The number of aromatic nitrogens is 2. The molecule has 9 heteroatoms. The number of H-pyrrole nitrogens is 1. The van der Waals surface area contributed by atoms with Crippen LogP contribution in [-0.4, -0.2) is 45.1 Å². The molecule has 1 aliphatic rings. The molecule has 24 heavy (non-hydrogen) atoms. The molecule has 3 N–H and O–H groups in total. The van der Waals surface area contributed by atoms with E-state index in [-0.39, 0.29) is 13.0 Å². The molecule has 134 valence electrons. The zero-order valence-electron chi connectivity index (χ0n) is 14.2. The van der Waals surface area contributed by atoms with Gasteiger partial charge in [-0.15, -0.1) is 0 Å². The third-order valence-electron chi connectivity index (χ3n) is 3.57. The van der Waals surface area contributed by atoms with Crippen LogP contribution in [0.2, 0.25) is 0 Å². The van der Waals surface area contributed by atoms with E-state index in [1.165, 1.54) is 10.8 Å². The van der Waals surface area contributed by atoms with Gasteiger partial charge in [0.1, 0.15) is 17.9 Å². The Bertz CT molecular complexity index is 717. The Morgan fingerprint density at radius 1 is 1.50 bits per heavy atom. The molecular weight excluding hydrogens is 318 g/mol. The number of aryl methyl sites for hydroxylation is 1. The summed E-state index contributed by atoms with van der Waals surface area (Å²) >= 11 is 0. The number of alkyl carbamates (subject to hydrolysis) is 1. The topological polar surface area (TPSA) is 123 Å². The van der Waals surface area contributed by atoms with Crippen LogP contribution in [0.1, 0.15) is 39.0 Å². The van der Waals surface area contributed by atoms with Gasteiger partial charge < -0.3 is 19.9 Å². The fourth-order valence-electron chi connectivity index (χ4n) is 2.48. The van der Waals surface area contributed by atoms with Gasteiger partial charge in [0.25, 0.3) is 5.56 Å². The molecule has 2 rings (SSSR count). The van der Waals surface area contributed by atoms with E-state index in [0.29, 0.717) is 5.56 Å². The van der Waals surface area contributed by atoms with Crippen LogP contribution in [0.5, 0.6) is 0 Å². The largest absolute Gasteiger partial charge is 0.444 e. The number of nitrogens with one attached hydrogen (secondary N) is 2. The standard InChI is InChI=1S/C15H23N3O6/c1-8-6-18(13(21)17-12(8)20)11-5-9(10(7-19)23-11)16-14(22)24-15(2,3)4/h6,9-11,19H,5,7H2,1-4H3,(H,16,22)(H,17,20,21)/t9-,10+,11+/m0/s1. The number of nitrogens with zero attached hydrogens (tertiary/aromatic N) is 1. The Kier molecular flexibility index (Phi) is 5.14. The van der Waals surface area contributed by atoms with Crippen molar-refractivity contribution in [3.05, 3.63) is 32.6 Å². The van der Waals surface area contributed by atoms with E-state index in [1.54, 1.807) is 27.7 Å². The van der Waals surface area contributed by atoms with Crippen LogP contribution in [0.3, 0.4) is 0 Å². The van der Waals surface area contributed by atoms with Gasteiger partial charge in [0.05, 0.1) is 12.6 Å². The van der Waals surface area contributed by atoms with Crippen molar-refractivity contribution in [2.75, 3.05) is 6.61 Å². The number of rotatable bonds is 3. The van der Waals surface area contributed by atoms with Gasteiger partial charge in [-0.25, -0.2) is 9.59 Å². The minimum Gasteiger partial charge on any atom is -0.444 e. The second kappa shape index (κ2) is 6.78. The normalized spacial score (nSPS) is 24.0. The van der Waals surface area contributed by atoms with Gasteiger partial charge in [-0.05, 0) is 27.7 Å². The fourth-order valence-corrected chi connectivity index (χ4v) is 2.48. The van der Waals surface area contributed by atoms with Crippen LogP contribution in [0.15, 0.2) is 15.8 Å². The van der Waals surface area contributed by atoms with Crippen LogP contribution in [0, 0.1) is 6.92 Å². The first kappa shape index (κ1) is 18.2. The highest BCUT2D eigenvalue weighted by Gasteiger charge is 2.38. The number of amides is 1. The molecule has 1 amide bonds. The number of carbonyl (C=O) groups is 1. The number of ether oxygens (including phenoxy) is 2. The molecule has 0 aromatic carbocycles. The lowest BCUT2D eigenvalue weighted by Gasteiger charge is -2.23. The lowest BCUT2D eigenvalue weighted by Crippen LogP contribution is -2.44. The highest BCUT2D eigenvalue weighted by Crippen LogP contribution is 2.27. The van der Waals surface area contributed by atoms with E-state index in [1.807, 2.05) is 0 Å². The maximum atomic E-state index is 11.9. The maximum Gasteiger partial charge on any atom is 0.407 e. The van der Waals surface area contributed by atoms with Crippen molar-refractivity contribution in [2.24, 2.45) is 0 Å². The monoisotopic (exact) mass is 341 g/mol. The summed E-state index contributed by atoms with van der Waals surface area (Å²) in [6.07, 6.45) is -0.349. The molecule has 0 bridgehead atoms. The number of aliphatic hydroxyl groups excluding tert-OH is 1. The van der Waals surface area contributed by atoms with E-state index >= 15 is 0 Å². The first-order valence-electron chi connectivity index (χ1n) is 7.68. The van der Waals surface area contributed by atoms with Crippen molar-refractivity contribution in [1.29, 1.82) is 0 Å². The van der Waals surface area contributed by atoms with Crippen molar-refractivity contribution in [3.63, 3.8) is 0 Å². The van der Waals surface area contributed by atoms with Crippen LogP contribution < -0.4 is 16.6 Å². The Balaban J connectivity index is 2.15. The second-order valence-corrected chi connectivity index (χ2v) is 6.78. The predicted molar refractivity (Wildman–Crippen MR) is 84.8 cm³/mol. The number of aromatic amines is 1.